The molecule has 6 fully saturated rings. The van der Waals surface area contributed by atoms with Crippen LogP contribution in [0.1, 0.15) is 98.8 Å². The summed E-state index contributed by atoms with van der Waals surface area (Å²) in [5.74, 6) is -11.4. The van der Waals surface area contributed by atoms with E-state index >= 15 is 0 Å². The highest BCUT2D eigenvalue weighted by atomic mass is 32.2. The smallest absolute Gasteiger partial charge is 0.335 e. The lowest BCUT2D eigenvalue weighted by atomic mass is 9.94. The van der Waals surface area contributed by atoms with E-state index in [1.165, 1.54) is 25.6 Å². The van der Waals surface area contributed by atoms with E-state index in [1.54, 1.807) is 0 Å². The van der Waals surface area contributed by atoms with Gasteiger partial charge in [0.25, 0.3) is 0 Å². The van der Waals surface area contributed by atoms with Crippen LogP contribution in [0, 0.1) is 0 Å². The fourth-order valence-corrected chi connectivity index (χ4v) is 13.4. The number of hydrogen-bond donors (Lipinski definition) is 15. The van der Waals surface area contributed by atoms with Crippen LogP contribution in [-0.4, -0.2) is 365 Å². The predicted octanol–water partition coefficient (Wildman–Crippen LogP) is -6.77. The van der Waals surface area contributed by atoms with Gasteiger partial charge in [-0.15, -0.1) is 0 Å². The molecule has 0 saturated carbocycles. The fraction of sp³-hybridized carbons (Fsp3) is 0.818. The van der Waals surface area contributed by atoms with Crippen LogP contribution in [0.15, 0.2) is 0 Å². The highest BCUT2D eigenvalue weighted by Crippen LogP contribution is 2.37. The first-order valence-corrected chi connectivity index (χ1v) is 38.2. The number of carboxylic acids is 3. The number of aliphatic hydroxyl groups is 7. The number of aliphatic carboxylic acids is 3. The number of rotatable bonds is 45. The molecule has 0 aromatic rings. The highest BCUT2D eigenvalue weighted by Gasteiger charge is 2.57. The Morgan fingerprint density at radius 3 is 1.17 bits per heavy atom. The Morgan fingerprint density at radius 1 is 0.461 bits per heavy atom. The molecule has 0 radical (unpaired) electrons. The average Bonchev–Trinajstić information content (AvgIpc) is 0.798. The Labute approximate surface area is 665 Å². The van der Waals surface area contributed by atoms with Crippen molar-refractivity contribution < 1.29 is 209 Å². The lowest BCUT2D eigenvalue weighted by Gasteiger charge is -2.46. The third kappa shape index (κ3) is 30.3. The Hall–Kier alpha value is -6.58. The zero-order valence-corrected chi connectivity index (χ0v) is 64.9. The second-order valence-corrected chi connectivity index (χ2v) is 28.4. The summed E-state index contributed by atoms with van der Waals surface area (Å²) in [6.45, 7) is 1.98. The maximum atomic E-state index is 13.3. The number of carboxylic acid groups (broad SMARTS) is 3. The maximum Gasteiger partial charge on any atom is 0.335 e. The van der Waals surface area contributed by atoms with Gasteiger partial charge in [0.2, 0.25) is 30.3 Å². The molecule has 49 heteroatoms. The largest absolute Gasteiger partial charge is 0.479 e. The van der Waals surface area contributed by atoms with Crippen LogP contribution in [0.5, 0.6) is 0 Å². The summed E-state index contributed by atoms with van der Waals surface area (Å²) in [5, 5.41) is 117. The Balaban J connectivity index is 1.20. The molecule has 6 aliphatic heterocycles. The molecule has 15 unspecified atom stereocenters. The van der Waals surface area contributed by atoms with E-state index in [9.17, 15) is 109 Å². The highest BCUT2D eigenvalue weighted by molar-refractivity contribution is 7.99. The van der Waals surface area contributed by atoms with Gasteiger partial charge in [-0.2, -0.15) is 24.4 Å². The zero-order chi connectivity index (χ0) is 84.9. The summed E-state index contributed by atoms with van der Waals surface area (Å²) in [5.41, 5.74) is 5.95. The first-order chi connectivity index (χ1) is 54.6. The van der Waals surface area contributed by atoms with Gasteiger partial charge in [0.1, 0.15) is 131 Å². The fourth-order valence-electron chi connectivity index (χ4n) is 12.2. The molecule has 0 aromatic carbocycles. The number of thioether (sulfide) groups is 1. The van der Waals surface area contributed by atoms with Crippen molar-refractivity contribution in [3.8, 4) is 0 Å². The second kappa shape index (κ2) is 48.5. The number of esters is 6. The van der Waals surface area contributed by atoms with Crippen LogP contribution in [0.3, 0.4) is 0 Å². The van der Waals surface area contributed by atoms with Crippen molar-refractivity contribution in [2.75, 3.05) is 70.6 Å². The number of hydrogen-bond acceptors (Lipinski definition) is 43. The number of thiol groups is 1. The van der Waals surface area contributed by atoms with Gasteiger partial charge in [0, 0.05) is 64.0 Å². The van der Waals surface area contributed by atoms with E-state index in [0.717, 1.165) is 27.9 Å². The van der Waals surface area contributed by atoms with Gasteiger partial charge in [-0.05, 0) is 19.1 Å². The first-order valence-electron chi connectivity index (χ1n) is 36.4. The summed E-state index contributed by atoms with van der Waals surface area (Å²) in [6.07, 6.45) is -50.1. The van der Waals surface area contributed by atoms with E-state index in [1.807, 2.05) is 0 Å². The Morgan fingerprint density at radius 2 is 0.809 bits per heavy atom. The summed E-state index contributed by atoms with van der Waals surface area (Å²) in [6, 6.07) is -4.34. The normalized spacial score (nSPS) is 33.7. The molecular formula is C66H102N4O43S2. The molecule has 6 rings (SSSR count). The molecular weight excluding hydrogens is 1600 g/mol. The molecule has 15 N–H and O–H groups in total. The SMILES string of the molecule is CCC(=O)OCCOC(=O)CCC(=O)OCC1O[C@@H](O[C@H]2C(C(=O)O)OC(OO[C@H]3C[C@H](NC(C)=O)[C@H](O[C@H]4C(C(=O)O)OC(C)C(O)C4O)O[C@H]3COC(=O)CCC(=O)OCCOC(=O)CCSCC(N)CCS)C(O)C2O)[C@@H](NC(C)=O)CC1OOC1OC(C(=O)O)[C@H](O[C@@H]2O[C@@H](CO)[C@@H](OOC)C[C@@H]2NC(C)=O)C(O)C1O. The third-order valence-corrected chi connectivity index (χ3v) is 19.3. The van der Waals surface area contributed by atoms with Crippen LogP contribution in [0.4, 0.5) is 0 Å². The van der Waals surface area contributed by atoms with Crippen molar-refractivity contribution in [3.05, 3.63) is 0 Å². The van der Waals surface area contributed by atoms with Gasteiger partial charge in [0.05, 0.1) is 70.1 Å². The molecule has 0 aromatic heterocycles. The van der Waals surface area contributed by atoms with E-state index < -0.39 is 295 Å². The van der Waals surface area contributed by atoms with Crippen LogP contribution in [0.25, 0.3) is 0 Å². The molecule has 6 heterocycles. The molecule has 28 atom stereocenters. The molecule has 47 nitrogen and oxygen atoms in total. The Bertz CT molecular complexity index is 3170. The maximum absolute atomic E-state index is 13.3. The van der Waals surface area contributed by atoms with Crippen molar-refractivity contribution in [2.24, 2.45) is 5.73 Å². The summed E-state index contributed by atoms with van der Waals surface area (Å²) in [4.78, 5) is 184. The number of nitrogens with one attached hydrogen (secondary N) is 3. The van der Waals surface area contributed by atoms with Gasteiger partial charge in [-0.25, -0.2) is 43.7 Å². The number of carbonyl (C=O) groups is 12. The molecule has 0 aliphatic carbocycles. The third-order valence-electron chi connectivity index (χ3n) is 17.9. The number of nitrogens with two attached hydrogens (primary N) is 1. The van der Waals surface area contributed by atoms with Crippen molar-refractivity contribution in [1.29, 1.82) is 0 Å². The number of amides is 3. The zero-order valence-electron chi connectivity index (χ0n) is 63.2. The van der Waals surface area contributed by atoms with Crippen LogP contribution >= 0.6 is 24.4 Å². The molecule has 0 spiro atoms. The number of aliphatic hydroxyl groups excluding tert-OH is 7. The summed E-state index contributed by atoms with van der Waals surface area (Å²) < 4.78 is 83.3. The van der Waals surface area contributed by atoms with Gasteiger partial charge in [0.15, 0.2) is 37.2 Å². The van der Waals surface area contributed by atoms with Crippen molar-refractivity contribution >= 4 is 95.8 Å². The van der Waals surface area contributed by atoms with Crippen LogP contribution in [0.2, 0.25) is 0 Å². The van der Waals surface area contributed by atoms with E-state index in [-0.39, 0.29) is 51.7 Å². The molecule has 6 aliphatic rings. The van der Waals surface area contributed by atoms with Gasteiger partial charge >= 0.3 is 53.7 Å². The van der Waals surface area contributed by atoms with Crippen molar-refractivity contribution in [1.82, 2.24) is 16.0 Å². The van der Waals surface area contributed by atoms with E-state index in [2.05, 4.69) is 28.6 Å². The molecule has 3 amide bonds. The van der Waals surface area contributed by atoms with Crippen LogP contribution in [-0.2, 0) is 158 Å². The molecule has 0 bridgehead atoms. The minimum atomic E-state index is -2.47. The summed E-state index contributed by atoms with van der Waals surface area (Å²) >= 11 is 5.59. The lowest BCUT2D eigenvalue weighted by Crippen LogP contribution is -2.65. The monoisotopic (exact) mass is 1700 g/mol. The number of ether oxygens (including phenoxy) is 15. The van der Waals surface area contributed by atoms with Crippen LogP contribution < -0.4 is 21.7 Å². The van der Waals surface area contributed by atoms with Gasteiger partial charge in [-0.1, -0.05) is 6.92 Å². The second-order valence-electron chi connectivity index (χ2n) is 26.8. The summed E-state index contributed by atoms with van der Waals surface area (Å²) in [7, 11) is 1.16. The van der Waals surface area contributed by atoms with Crippen molar-refractivity contribution in [3.63, 3.8) is 0 Å². The number of carbonyl (C=O) groups excluding carboxylic acids is 9. The minimum absolute atomic E-state index is 0.0339. The minimum Gasteiger partial charge on any atom is -0.479 e. The Kier molecular flexibility index (Phi) is 41.0. The lowest BCUT2D eigenvalue weighted by molar-refractivity contribution is -0.461. The average molecular weight is 1700 g/mol. The molecule has 656 valence electrons. The quantitative estimate of drug-likeness (QED) is 0.00673. The molecule has 115 heavy (non-hydrogen) atoms. The standard InChI is InChI=1S/C66H102N4O43S2/c1-7-41(75)94-14-15-95-42(76)8-10-44(78)99-25-40-37(111-112-65-51(85)49(83)54(57(107-65)60(89)90)105-62-32(68-28(3)72)20-35(109-93-6)38(23-71)101-62)22-34(70-30(5)74)64(103-40)106-55-50(84)52(86)66(108-58(55)61(91)92)113-110-36-21-33(69-29(4)73)63(104-53-48(82)47(81)27(2)100-56(53)59(87)88)102-39(36)24-98-45(79)11-9-43(77)96-16-17-97-46(80)13-19-115-26-31(67)12-18-114/h27,31-40,47-58,62-66,71,81-86,114H,7-26,67H2,1-6H3,(H,68,72)(H,69,73)(H,70,74)(H,87,88)(H,89,90)(H,91,92)/t27?,31?,32-,33-,34-,35-,36-,37?,38-,39-,40?,47?,48?,49?,50?,51?,52?,53+,54+,55+,56?,57?,58?,62-,63-,64-,65?,66?/m0/s1. The van der Waals surface area contributed by atoms with E-state index in [0.29, 0.717) is 23.7 Å². The predicted molar refractivity (Wildman–Crippen MR) is 372 cm³/mol. The van der Waals surface area contributed by atoms with Crippen molar-refractivity contribution in [2.45, 2.75) is 270 Å². The topological polar surface area (TPSA) is 663 Å². The molecule has 6 saturated heterocycles. The van der Waals surface area contributed by atoms with Gasteiger partial charge in [-0.3, -0.25) is 43.2 Å². The van der Waals surface area contributed by atoms with Gasteiger partial charge < -0.3 is 144 Å². The first kappa shape index (κ1) is 97.3. The van der Waals surface area contributed by atoms with E-state index in [4.69, 9.17) is 106 Å².